The third-order valence-electron chi connectivity index (χ3n) is 2.52. The van der Waals surface area contributed by atoms with Crippen molar-refractivity contribution >= 4 is 11.6 Å². The van der Waals surface area contributed by atoms with Gasteiger partial charge in [-0.3, -0.25) is 9.78 Å². The Bertz CT molecular complexity index is 364. The molecule has 1 aliphatic rings. The number of nitrogens with zero attached hydrogens (tertiary/aromatic N) is 2. The van der Waals surface area contributed by atoms with Crippen molar-refractivity contribution in [3.8, 4) is 0 Å². The van der Waals surface area contributed by atoms with Gasteiger partial charge in [0.1, 0.15) is 0 Å². The second-order valence-electron chi connectivity index (χ2n) is 3.40. The van der Waals surface area contributed by atoms with Crippen LogP contribution in [0.1, 0.15) is 12.5 Å². The van der Waals surface area contributed by atoms with Crippen molar-refractivity contribution in [3.05, 3.63) is 24.0 Å². The molecule has 0 saturated heterocycles. The van der Waals surface area contributed by atoms with Crippen molar-refractivity contribution in [2.75, 3.05) is 11.4 Å². The van der Waals surface area contributed by atoms with Crippen LogP contribution < -0.4 is 10.6 Å². The standard InChI is InChI=1S/C10H13N3O/c1-2-13-9-6-12-4-3-7(9)5-8(11)10(13)14/h3-4,6,8H,2,5,11H2,1H3. The van der Waals surface area contributed by atoms with Crippen LogP contribution in [0.3, 0.4) is 0 Å². The quantitative estimate of drug-likeness (QED) is 0.695. The predicted molar refractivity (Wildman–Crippen MR) is 53.9 cm³/mol. The van der Waals surface area contributed by atoms with Gasteiger partial charge in [-0.2, -0.15) is 0 Å². The lowest BCUT2D eigenvalue weighted by atomic mass is 9.99. The lowest BCUT2D eigenvalue weighted by Gasteiger charge is -2.31. The minimum absolute atomic E-state index is 0.00648. The highest BCUT2D eigenvalue weighted by molar-refractivity contribution is 5.99. The summed E-state index contributed by atoms with van der Waals surface area (Å²) >= 11 is 0. The number of amides is 1. The first kappa shape index (κ1) is 9.15. The van der Waals surface area contributed by atoms with Crippen molar-refractivity contribution in [1.29, 1.82) is 0 Å². The van der Waals surface area contributed by atoms with Gasteiger partial charge in [-0.15, -0.1) is 0 Å². The molecule has 0 radical (unpaired) electrons. The molecule has 0 aliphatic carbocycles. The highest BCUT2D eigenvalue weighted by atomic mass is 16.2. The minimum atomic E-state index is -0.398. The molecular formula is C10H13N3O. The molecule has 2 rings (SSSR count). The van der Waals surface area contributed by atoms with Gasteiger partial charge in [0.25, 0.3) is 0 Å². The van der Waals surface area contributed by atoms with E-state index >= 15 is 0 Å². The number of likely N-dealkylation sites (N-methyl/N-ethyl adjacent to an activating group) is 1. The van der Waals surface area contributed by atoms with E-state index in [9.17, 15) is 4.79 Å². The second-order valence-corrected chi connectivity index (χ2v) is 3.40. The Kier molecular flexibility index (Phi) is 2.21. The van der Waals surface area contributed by atoms with E-state index in [0.717, 1.165) is 11.3 Å². The Morgan fingerprint density at radius 3 is 3.21 bits per heavy atom. The third-order valence-corrected chi connectivity index (χ3v) is 2.52. The van der Waals surface area contributed by atoms with Crippen LogP contribution in [0.15, 0.2) is 18.5 Å². The molecule has 1 aliphatic heterocycles. The van der Waals surface area contributed by atoms with Crippen molar-refractivity contribution < 1.29 is 4.79 Å². The van der Waals surface area contributed by atoms with E-state index in [0.29, 0.717) is 13.0 Å². The van der Waals surface area contributed by atoms with E-state index in [2.05, 4.69) is 4.98 Å². The number of hydrogen-bond acceptors (Lipinski definition) is 3. The first-order chi connectivity index (χ1) is 6.74. The SMILES string of the molecule is CCN1C(=O)C(N)Cc2ccncc21. The van der Waals surface area contributed by atoms with Gasteiger partial charge in [0, 0.05) is 12.7 Å². The Hall–Kier alpha value is -1.42. The molecule has 2 N–H and O–H groups in total. The van der Waals surface area contributed by atoms with E-state index in [-0.39, 0.29) is 5.91 Å². The molecule has 1 aromatic rings. The maximum Gasteiger partial charge on any atom is 0.244 e. The Morgan fingerprint density at radius 2 is 2.50 bits per heavy atom. The first-order valence-electron chi connectivity index (χ1n) is 4.74. The van der Waals surface area contributed by atoms with Gasteiger partial charge in [0.2, 0.25) is 5.91 Å². The van der Waals surface area contributed by atoms with Crippen molar-refractivity contribution in [2.24, 2.45) is 5.73 Å². The molecule has 2 heterocycles. The summed E-state index contributed by atoms with van der Waals surface area (Å²) in [6.45, 7) is 2.58. The molecule has 74 valence electrons. The molecule has 1 atom stereocenters. The van der Waals surface area contributed by atoms with E-state index in [1.165, 1.54) is 0 Å². The van der Waals surface area contributed by atoms with Crippen molar-refractivity contribution in [1.82, 2.24) is 4.98 Å². The molecule has 0 saturated carbocycles. The van der Waals surface area contributed by atoms with Gasteiger partial charge in [0.05, 0.1) is 17.9 Å². The molecular weight excluding hydrogens is 178 g/mol. The van der Waals surface area contributed by atoms with Crippen LogP contribution in [-0.4, -0.2) is 23.5 Å². The molecule has 1 aromatic heterocycles. The van der Waals surface area contributed by atoms with Crippen LogP contribution in [0, 0.1) is 0 Å². The number of fused-ring (bicyclic) bond motifs is 1. The summed E-state index contributed by atoms with van der Waals surface area (Å²) in [6.07, 6.45) is 4.07. The average Bonchev–Trinajstić information content (AvgIpc) is 2.20. The molecule has 0 spiro atoms. The topological polar surface area (TPSA) is 59.2 Å². The van der Waals surface area contributed by atoms with E-state index in [1.807, 2.05) is 13.0 Å². The molecule has 0 bridgehead atoms. The van der Waals surface area contributed by atoms with E-state index < -0.39 is 6.04 Å². The molecule has 4 nitrogen and oxygen atoms in total. The summed E-state index contributed by atoms with van der Waals surface area (Å²) in [5.41, 5.74) is 7.76. The van der Waals surface area contributed by atoms with Gasteiger partial charge < -0.3 is 10.6 Å². The van der Waals surface area contributed by atoms with E-state index in [4.69, 9.17) is 5.73 Å². The van der Waals surface area contributed by atoms with Crippen molar-refractivity contribution in [3.63, 3.8) is 0 Å². The van der Waals surface area contributed by atoms with E-state index in [1.54, 1.807) is 17.3 Å². The zero-order chi connectivity index (χ0) is 10.1. The average molecular weight is 191 g/mol. The molecule has 0 fully saturated rings. The van der Waals surface area contributed by atoms with Crippen molar-refractivity contribution in [2.45, 2.75) is 19.4 Å². The highest BCUT2D eigenvalue weighted by Crippen LogP contribution is 2.25. The number of carbonyl (C=O) groups excluding carboxylic acids is 1. The fraction of sp³-hybridized carbons (Fsp3) is 0.400. The third kappa shape index (κ3) is 1.28. The van der Waals surface area contributed by atoms with Gasteiger partial charge in [-0.25, -0.2) is 0 Å². The largest absolute Gasteiger partial charge is 0.320 e. The molecule has 1 unspecified atom stereocenters. The normalized spacial score (nSPS) is 20.9. The Morgan fingerprint density at radius 1 is 1.71 bits per heavy atom. The summed E-state index contributed by atoms with van der Waals surface area (Å²) < 4.78 is 0. The number of rotatable bonds is 1. The molecule has 0 aromatic carbocycles. The zero-order valence-electron chi connectivity index (χ0n) is 8.10. The number of hydrogen-bond donors (Lipinski definition) is 1. The number of pyridine rings is 1. The second kappa shape index (κ2) is 3.38. The number of carbonyl (C=O) groups is 1. The van der Waals surface area contributed by atoms with Crippen LogP contribution in [-0.2, 0) is 11.2 Å². The predicted octanol–water partition coefficient (Wildman–Crippen LogP) is 0.318. The highest BCUT2D eigenvalue weighted by Gasteiger charge is 2.29. The first-order valence-corrected chi connectivity index (χ1v) is 4.74. The summed E-state index contributed by atoms with van der Waals surface area (Å²) in [7, 11) is 0. The van der Waals surface area contributed by atoms with Gasteiger partial charge >= 0.3 is 0 Å². The lowest BCUT2D eigenvalue weighted by molar-refractivity contribution is -0.120. The van der Waals surface area contributed by atoms with Gasteiger partial charge in [-0.1, -0.05) is 0 Å². The van der Waals surface area contributed by atoms with Crippen LogP contribution >= 0.6 is 0 Å². The summed E-state index contributed by atoms with van der Waals surface area (Å²) in [4.78, 5) is 17.4. The Labute approximate surface area is 82.7 Å². The molecule has 4 heteroatoms. The maximum atomic E-state index is 11.7. The Balaban J connectivity index is 2.47. The molecule has 14 heavy (non-hydrogen) atoms. The monoisotopic (exact) mass is 191 g/mol. The van der Waals surface area contributed by atoms with Crippen LogP contribution in [0.5, 0.6) is 0 Å². The fourth-order valence-corrected chi connectivity index (χ4v) is 1.80. The number of aromatic nitrogens is 1. The summed E-state index contributed by atoms with van der Waals surface area (Å²) in [5, 5.41) is 0. The van der Waals surface area contributed by atoms with Crippen LogP contribution in [0.4, 0.5) is 5.69 Å². The summed E-state index contributed by atoms with van der Waals surface area (Å²) in [5.74, 6) is -0.00648. The maximum absolute atomic E-state index is 11.7. The molecule has 1 amide bonds. The van der Waals surface area contributed by atoms with Crippen LogP contribution in [0.25, 0.3) is 0 Å². The lowest BCUT2D eigenvalue weighted by Crippen LogP contribution is -2.48. The smallest absolute Gasteiger partial charge is 0.244 e. The van der Waals surface area contributed by atoms with Gasteiger partial charge in [-0.05, 0) is 25.0 Å². The number of anilines is 1. The van der Waals surface area contributed by atoms with Gasteiger partial charge in [0.15, 0.2) is 0 Å². The number of nitrogens with two attached hydrogens (primary N) is 1. The summed E-state index contributed by atoms with van der Waals surface area (Å²) in [6, 6.07) is 1.52. The fourth-order valence-electron chi connectivity index (χ4n) is 1.80. The minimum Gasteiger partial charge on any atom is -0.320 e. The zero-order valence-corrected chi connectivity index (χ0v) is 8.10. The van der Waals surface area contributed by atoms with Crippen LogP contribution in [0.2, 0.25) is 0 Å².